The van der Waals surface area contributed by atoms with Gasteiger partial charge in [0.15, 0.2) is 24.4 Å². The van der Waals surface area contributed by atoms with E-state index in [1.807, 2.05) is 26.0 Å². The van der Waals surface area contributed by atoms with Gasteiger partial charge in [-0.05, 0) is 62.5 Å². The summed E-state index contributed by atoms with van der Waals surface area (Å²) < 4.78 is 56.7. The van der Waals surface area contributed by atoms with Gasteiger partial charge in [-0.1, -0.05) is 96.1 Å². The lowest BCUT2D eigenvalue weighted by molar-refractivity contribution is 0.579. The van der Waals surface area contributed by atoms with Crippen molar-refractivity contribution in [1.82, 2.24) is 14.1 Å². The standard InChI is InChI=1S/C32H28N4O4S4/c1-23-13-17-27(18-14-23)43(37,38)21-33-29(25-9-5-3-6-10-25)36-31(41)34-30(26-11-7-4-8-12-26)35(32(36)42)22-44(39,40)28-19-15-24(2)16-20-28/h3-20H,21-22H2,1-2H3/b33-29-. The molecule has 44 heavy (non-hydrogen) atoms. The van der Waals surface area contributed by atoms with Crippen LogP contribution in [0, 0.1) is 23.4 Å². The topological polar surface area (TPSA) is 103 Å². The number of hydrogen-bond acceptors (Lipinski definition) is 8. The van der Waals surface area contributed by atoms with Crippen molar-refractivity contribution in [2.24, 2.45) is 4.99 Å². The average Bonchev–Trinajstić information content (AvgIpc) is 3.01. The summed E-state index contributed by atoms with van der Waals surface area (Å²) >= 11 is 11.6. The molecule has 0 bridgehead atoms. The number of hydrogen-bond donors (Lipinski definition) is 0. The highest BCUT2D eigenvalue weighted by Crippen LogP contribution is 2.23. The molecule has 0 amide bonds. The molecule has 1 aromatic heterocycles. The van der Waals surface area contributed by atoms with E-state index in [0.717, 1.165) is 11.1 Å². The quantitative estimate of drug-likeness (QED) is 0.105. The lowest BCUT2D eigenvalue weighted by Gasteiger charge is -2.19. The highest BCUT2D eigenvalue weighted by atomic mass is 32.2. The molecule has 0 N–H and O–H groups in total. The molecule has 8 nitrogen and oxygen atoms in total. The van der Waals surface area contributed by atoms with Crippen LogP contribution in [0.2, 0.25) is 0 Å². The second-order valence-corrected chi connectivity index (χ2v) is 14.7. The maximum Gasteiger partial charge on any atom is 0.209 e. The Bertz CT molecular complexity index is 2180. The third kappa shape index (κ3) is 6.83. The molecule has 1 heterocycles. The van der Waals surface area contributed by atoms with Crippen LogP contribution >= 0.6 is 24.4 Å². The third-order valence-electron chi connectivity index (χ3n) is 6.79. The summed E-state index contributed by atoms with van der Waals surface area (Å²) in [5.74, 6) is -0.748. The number of aromatic nitrogens is 3. The predicted molar refractivity (Wildman–Crippen MR) is 177 cm³/mol. The number of aryl methyl sites for hydroxylation is 2. The van der Waals surface area contributed by atoms with E-state index in [0.29, 0.717) is 11.1 Å². The van der Waals surface area contributed by atoms with Gasteiger partial charge in [-0.3, -0.25) is 9.56 Å². The van der Waals surface area contributed by atoms with Crippen LogP contribution in [-0.4, -0.2) is 42.7 Å². The normalized spacial score (nSPS) is 12.3. The van der Waals surface area contributed by atoms with E-state index >= 15 is 0 Å². The van der Waals surface area contributed by atoms with Gasteiger partial charge in [0.25, 0.3) is 0 Å². The molecule has 12 heteroatoms. The molecule has 0 saturated heterocycles. The Morgan fingerprint density at radius 3 is 1.75 bits per heavy atom. The van der Waals surface area contributed by atoms with E-state index in [-0.39, 0.29) is 31.0 Å². The molecule has 0 aliphatic heterocycles. The summed E-state index contributed by atoms with van der Waals surface area (Å²) in [5, 5.41) is 0. The van der Waals surface area contributed by atoms with Gasteiger partial charge < -0.3 is 0 Å². The number of aliphatic imine (C=N–C) groups is 1. The number of benzene rings is 4. The van der Waals surface area contributed by atoms with Gasteiger partial charge in [0.2, 0.25) is 4.77 Å². The van der Waals surface area contributed by atoms with Gasteiger partial charge >= 0.3 is 0 Å². The molecule has 0 atom stereocenters. The lowest BCUT2D eigenvalue weighted by Crippen LogP contribution is -2.25. The zero-order valence-electron chi connectivity index (χ0n) is 23.9. The molecule has 224 valence electrons. The van der Waals surface area contributed by atoms with Crippen molar-refractivity contribution in [1.29, 1.82) is 0 Å². The van der Waals surface area contributed by atoms with Gasteiger partial charge in [-0.25, -0.2) is 26.4 Å². The van der Waals surface area contributed by atoms with Gasteiger partial charge in [0.1, 0.15) is 23.4 Å². The Labute approximate surface area is 266 Å². The summed E-state index contributed by atoms with van der Waals surface area (Å²) in [7, 11) is -7.74. The SMILES string of the molecule is Cc1ccc(S(=O)(=O)C/N=C(/c2ccccc2)n2c(=S)nc(-c3ccccc3)n(CS(=O)(=O)c3ccc(C)cc3)c2=S)cc1. The molecule has 0 fully saturated rings. The van der Waals surface area contributed by atoms with Crippen LogP contribution in [0.15, 0.2) is 124 Å². The third-order valence-corrected chi connectivity index (χ3v) is 10.5. The van der Waals surface area contributed by atoms with Crippen LogP contribution < -0.4 is 0 Å². The first-order valence-electron chi connectivity index (χ1n) is 13.4. The molecular formula is C32H28N4O4S4. The zero-order chi connectivity index (χ0) is 31.5. The maximum absolute atomic E-state index is 13.7. The van der Waals surface area contributed by atoms with Crippen molar-refractivity contribution in [3.05, 3.63) is 135 Å². The van der Waals surface area contributed by atoms with E-state index in [9.17, 15) is 16.8 Å². The summed E-state index contributed by atoms with van der Waals surface area (Å²) in [5.41, 5.74) is 2.98. The first kappa shape index (κ1) is 31.3. The van der Waals surface area contributed by atoms with Gasteiger partial charge in [0.05, 0.1) is 9.79 Å². The number of sulfone groups is 2. The van der Waals surface area contributed by atoms with Crippen molar-refractivity contribution in [3.63, 3.8) is 0 Å². The van der Waals surface area contributed by atoms with Crippen LogP contribution in [0.3, 0.4) is 0 Å². The smallest absolute Gasteiger partial charge is 0.209 e. The molecule has 4 aromatic carbocycles. The Morgan fingerprint density at radius 2 is 1.20 bits per heavy atom. The molecule has 0 saturated carbocycles. The molecule has 0 radical (unpaired) electrons. The Hall–Kier alpha value is -4.10. The summed E-state index contributed by atoms with van der Waals surface area (Å²) in [6.07, 6.45) is 0. The maximum atomic E-state index is 13.7. The van der Waals surface area contributed by atoms with Crippen molar-refractivity contribution in [2.45, 2.75) is 29.5 Å². The van der Waals surface area contributed by atoms with Gasteiger partial charge in [0, 0.05) is 11.1 Å². The molecule has 5 aromatic rings. The van der Waals surface area contributed by atoms with E-state index in [1.54, 1.807) is 84.9 Å². The zero-order valence-corrected chi connectivity index (χ0v) is 27.1. The Balaban J connectivity index is 1.72. The molecule has 0 unspecified atom stereocenters. The fourth-order valence-corrected chi connectivity index (χ4v) is 7.43. The van der Waals surface area contributed by atoms with Crippen LogP contribution in [-0.2, 0) is 25.6 Å². The monoisotopic (exact) mass is 660 g/mol. The molecule has 5 rings (SSSR count). The number of rotatable bonds is 8. The highest BCUT2D eigenvalue weighted by Gasteiger charge is 2.23. The minimum Gasteiger partial charge on any atom is -0.287 e. The molecule has 0 aliphatic rings. The first-order chi connectivity index (χ1) is 21.0. The fraction of sp³-hybridized carbons (Fsp3) is 0.125. The van der Waals surface area contributed by atoms with Crippen molar-refractivity contribution in [3.8, 4) is 11.4 Å². The minimum atomic E-state index is -3.90. The van der Waals surface area contributed by atoms with Crippen LogP contribution in [0.4, 0.5) is 0 Å². The lowest BCUT2D eigenvalue weighted by atomic mass is 10.2. The minimum absolute atomic E-state index is 0.00474. The van der Waals surface area contributed by atoms with Crippen molar-refractivity contribution >= 4 is 49.9 Å². The Kier molecular flexibility index (Phi) is 9.16. The van der Waals surface area contributed by atoms with Crippen LogP contribution in [0.25, 0.3) is 11.4 Å². The fourth-order valence-electron chi connectivity index (χ4n) is 4.43. The second-order valence-electron chi connectivity index (χ2n) is 10.1. The van der Waals surface area contributed by atoms with Crippen LogP contribution in [0.1, 0.15) is 16.7 Å². The van der Waals surface area contributed by atoms with E-state index in [2.05, 4.69) is 9.98 Å². The van der Waals surface area contributed by atoms with E-state index < -0.39 is 31.4 Å². The molecule has 0 aliphatic carbocycles. The summed E-state index contributed by atoms with van der Waals surface area (Å²) in [6.45, 7) is 3.74. The van der Waals surface area contributed by atoms with E-state index in [1.165, 1.54) is 21.3 Å². The number of nitrogens with zero attached hydrogens (tertiary/aromatic N) is 4. The van der Waals surface area contributed by atoms with Gasteiger partial charge in [-0.15, -0.1) is 0 Å². The average molecular weight is 661 g/mol. The largest absolute Gasteiger partial charge is 0.287 e. The summed E-state index contributed by atoms with van der Waals surface area (Å²) in [6, 6.07) is 30.9. The Morgan fingerprint density at radius 1 is 0.705 bits per heavy atom. The van der Waals surface area contributed by atoms with Gasteiger partial charge in [-0.2, -0.15) is 0 Å². The molecular weight excluding hydrogens is 633 g/mol. The van der Waals surface area contributed by atoms with Crippen molar-refractivity contribution in [2.75, 3.05) is 5.88 Å². The first-order valence-corrected chi connectivity index (χ1v) is 17.6. The van der Waals surface area contributed by atoms with E-state index in [4.69, 9.17) is 24.4 Å². The second kappa shape index (κ2) is 12.9. The van der Waals surface area contributed by atoms with Crippen molar-refractivity contribution < 1.29 is 16.8 Å². The summed E-state index contributed by atoms with van der Waals surface area (Å²) in [4.78, 5) is 9.40. The predicted octanol–water partition coefficient (Wildman–Crippen LogP) is 6.59. The van der Waals surface area contributed by atoms with Crippen LogP contribution in [0.5, 0.6) is 0 Å². The molecule has 0 spiro atoms. The highest BCUT2D eigenvalue weighted by molar-refractivity contribution is 7.91.